The highest BCUT2D eigenvalue weighted by molar-refractivity contribution is 7.99. The lowest BCUT2D eigenvalue weighted by molar-refractivity contribution is -0.141. The van der Waals surface area contributed by atoms with E-state index in [1.54, 1.807) is 4.68 Å². The molecule has 1 heterocycles. The van der Waals surface area contributed by atoms with Gasteiger partial charge in [-0.2, -0.15) is 4.68 Å². The fourth-order valence-electron chi connectivity index (χ4n) is 2.47. The number of hydrogen-bond acceptors (Lipinski definition) is 5. The molecule has 1 N–H and O–H groups in total. The van der Waals surface area contributed by atoms with Crippen molar-refractivity contribution in [2.45, 2.75) is 29.7 Å². The summed E-state index contributed by atoms with van der Waals surface area (Å²) in [4.78, 5) is 11.2. The quantitative estimate of drug-likeness (QED) is 0.927. The average molecular weight is 290 g/mol. The monoisotopic (exact) mass is 290 g/mol. The van der Waals surface area contributed by atoms with Crippen LogP contribution in [0.5, 0.6) is 0 Å². The molecule has 0 spiro atoms. The number of aliphatic carboxylic acids is 1. The number of tetrazole rings is 1. The minimum atomic E-state index is -0.723. The standard InChI is InChI=1S/C13H14N4O2S/c18-12(19)10-7-4-8-11(10)20-13-14-15-16-17(13)9-5-2-1-3-6-9/h1-3,5-6,10-11H,4,7-8H2,(H,18,19). The molecule has 1 aromatic carbocycles. The van der Waals surface area contributed by atoms with Crippen LogP contribution < -0.4 is 0 Å². The molecule has 0 aliphatic heterocycles. The van der Waals surface area contributed by atoms with Crippen LogP contribution in [0.25, 0.3) is 5.69 Å². The van der Waals surface area contributed by atoms with Crippen molar-refractivity contribution in [3.8, 4) is 5.69 Å². The predicted molar refractivity (Wildman–Crippen MR) is 73.8 cm³/mol. The van der Waals surface area contributed by atoms with Crippen LogP contribution >= 0.6 is 11.8 Å². The minimum Gasteiger partial charge on any atom is -0.481 e. The smallest absolute Gasteiger partial charge is 0.307 e. The van der Waals surface area contributed by atoms with Crippen LogP contribution in [0.4, 0.5) is 0 Å². The third-order valence-electron chi connectivity index (χ3n) is 3.47. The Kier molecular flexibility index (Phi) is 3.68. The van der Waals surface area contributed by atoms with Gasteiger partial charge in [-0.15, -0.1) is 5.10 Å². The number of nitrogens with zero attached hydrogens (tertiary/aromatic N) is 4. The first kappa shape index (κ1) is 13.1. The minimum absolute atomic E-state index is 0.0426. The largest absolute Gasteiger partial charge is 0.481 e. The zero-order valence-electron chi connectivity index (χ0n) is 10.7. The maximum absolute atomic E-state index is 11.2. The highest BCUT2D eigenvalue weighted by Crippen LogP contribution is 2.38. The first-order valence-corrected chi connectivity index (χ1v) is 7.37. The average Bonchev–Trinajstić information content (AvgIpc) is 3.09. The molecule has 1 saturated carbocycles. The Labute approximate surface area is 120 Å². The molecular weight excluding hydrogens is 276 g/mol. The number of benzene rings is 1. The molecule has 2 aromatic rings. The van der Waals surface area contributed by atoms with E-state index in [-0.39, 0.29) is 11.2 Å². The number of carboxylic acid groups (broad SMARTS) is 1. The molecule has 6 nitrogen and oxygen atoms in total. The molecule has 2 unspecified atom stereocenters. The highest BCUT2D eigenvalue weighted by atomic mass is 32.2. The summed E-state index contributed by atoms with van der Waals surface area (Å²) in [5.74, 6) is -1.03. The third kappa shape index (κ3) is 2.53. The van der Waals surface area contributed by atoms with Gasteiger partial charge in [0.25, 0.3) is 0 Å². The molecule has 0 saturated heterocycles. The van der Waals surface area contributed by atoms with E-state index in [2.05, 4.69) is 15.5 Å². The summed E-state index contributed by atoms with van der Waals surface area (Å²) in [6, 6.07) is 9.60. The summed E-state index contributed by atoms with van der Waals surface area (Å²) >= 11 is 1.46. The molecular formula is C13H14N4O2S. The van der Waals surface area contributed by atoms with Gasteiger partial charge in [0.05, 0.1) is 11.6 Å². The summed E-state index contributed by atoms with van der Waals surface area (Å²) in [5.41, 5.74) is 0.880. The topological polar surface area (TPSA) is 80.9 Å². The number of hydrogen-bond donors (Lipinski definition) is 1. The molecule has 104 valence electrons. The molecule has 1 aliphatic rings. The maximum Gasteiger partial charge on any atom is 0.307 e. The summed E-state index contributed by atoms with van der Waals surface area (Å²) < 4.78 is 1.65. The van der Waals surface area contributed by atoms with Crippen molar-refractivity contribution in [1.82, 2.24) is 20.2 Å². The van der Waals surface area contributed by atoms with E-state index < -0.39 is 5.97 Å². The zero-order chi connectivity index (χ0) is 13.9. The van der Waals surface area contributed by atoms with Crippen molar-refractivity contribution in [1.29, 1.82) is 0 Å². The van der Waals surface area contributed by atoms with Crippen LogP contribution in [0.3, 0.4) is 0 Å². The number of thioether (sulfide) groups is 1. The molecule has 1 aliphatic carbocycles. The van der Waals surface area contributed by atoms with Gasteiger partial charge in [-0.3, -0.25) is 4.79 Å². The van der Waals surface area contributed by atoms with E-state index in [0.29, 0.717) is 5.16 Å². The van der Waals surface area contributed by atoms with Crippen molar-refractivity contribution in [3.05, 3.63) is 30.3 Å². The lowest BCUT2D eigenvalue weighted by Crippen LogP contribution is -2.20. The van der Waals surface area contributed by atoms with E-state index in [1.807, 2.05) is 30.3 Å². The van der Waals surface area contributed by atoms with Crippen LogP contribution in [-0.2, 0) is 4.79 Å². The number of para-hydroxylation sites is 1. The second kappa shape index (κ2) is 5.62. The van der Waals surface area contributed by atoms with E-state index in [0.717, 1.165) is 24.9 Å². The highest BCUT2D eigenvalue weighted by Gasteiger charge is 2.34. The second-order valence-corrected chi connectivity index (χ2v) is 5.95. The Morgan fingerprint density at radius 2 is 2.10 bits per heavy atom. The Balaban J connectivity index is 1.82. The van der Waals surface area contributed by atoms with Crippen LogP contribution in [0.15, 0.2) is 35.5 Å². The molecule has 20 heavy (non-hydrogen) atoms. The van der Waals surface area contributed by atoms with Gasteiger partial charge in [-0.05, 0) is 35.4 Å². The van der Waals surface area contributed by atoms with Gasteiger partial charge < -0.3 is 5.11 Å². The number of carboxylic acids is 1. The van der Waals surface area contributed by atoms with Gasteiger partial charge in [-0.25, -0.2) is 0 Å². The second-order valence-electron chi connectivity index (χ2n) is 4.74. The normalized spacial score (nSPS) is 22.0. The third-order valence-corrected chi connectivity index (χ3v) is 4.80. The summed E-state index contributed by atoms with van der Waals surface area (Å²) in [6.45, 7) is 0. The van der Waals surface area contributed by atoms with E-state index >= 15 is 0 Å². The van der Waals surface area contributed by atoms with Gasteiger partial charge in [0.2, 0.25) is 5.16 Å². The number of carbonyl (C=O) groups is 1. The van der Waals surface area contributed by atoms with Gasteiger partial charge in [-0.1, -0.05) is 36.4 Å². The van der Waals surface area contributed by atoms with Gasteiger partial charge >= 0.3 is 5.97 Å². The zero-order valence-corrected chi connectivity index (χ0v) is 11.5. The fraction of sp³-hybridized carbons (Fsp3) is 0.385. The van der Waals surface area contributed by atoms with E-state index in [1.165, 1.54) is 11.8 Å². The SMILES string of the molecule is O=C(O)C1CCCC1Sc1nnnn1-c1ccccc1. The van der Waals surface area contributed by atoms with Crippen LogP contribution in [0.1, 0.15) is 19.3 Å². The van der Waals surface area contributed by atoms with Crippen molar-refractivity contribution >= 4 is 17.7 Å². The van der Waals surface area contributed by atoms with Gasteiger partial charge in [0, 0.05) is 5.25 Å². The number of rotatable bonds is 4. The molecule has 1 aromatic heterocycles. The Bertz CT molecular complexity index is 601. The fourth-order valence-corrected chi connectivity index (χ4v) is 3.77. The van der Waals surface area contributed by atoms with Crippen LogP contribution in [0, 0.1) is 5.92 Å². The molecule has 2 atom stereocenters. The number of aromatic nitrogens is 4. The Morgan fingerprint density at radius 3 is 2.85 bits per heavy atom. The van der Waals surface area contributed by atoms with Gasteiger partial charge in [0.1, 0.15) is 0 Å². The Morgan fingerprint density at radius 1 is 1.30 bits per heavy atom. The predicted octanol–water partition coefficient (Wildman–Crippen LogP) is 2.01. The molecule has 0 amide bonds. The van der Waals surface area contributed by atoms with Crippen molar-refractivity contribution in [2.75, 3.05) is 0 Å². The summed E-state index contributed by atoms with van der Waals surface area (Å²) in [7, 11) is 0. The lowest BCUT2D eigenvalue weighted by Gasteiger charge is -2.14. The molecule has 0 radical (unpaired) electrons. The molecule has 7 heteroatoms. The van der Waals surface area contributed by atoms with E-state index in [4.69, 9.17) is 0 Å². The molecule has 0 bridgehead atoms. The molecule has 3 rings (SSSR count). The van der Waals surface area contributed by atoms with Crippen LogP contribution in [0.2, 0.25) is 0 Å². The van der Waals surface area contributed by atoms with Crippen molar-refractivity contribution in [2.24, 2.45) is 5.92 Å². The first-order valence-electron chi connectivity index (χ1n) is 6.49. The molecule has 1 fully saturated rings. The van der Waals surface area contributed by atoms with Crippen LogP contribution in [-0.4, -0.2) is 36.5 Å². The lowest BCUT2D eigenvalue weighted by atomic mass is 10.1. The van der Waals surface area contributed by atoms with E-state index in [9.17, 15) is 9.90 Å². The summed E-state index contributed by atoms with van der Waals surface area (Å²) in [6.07, 6.45) is 2.57. The first-order chi connectivity index (χ1) is 9.75. The maximum atomic E-state index is 11.2. The van der Waals surface area contributed by atoms with Crippen molar-refractivity contribution in [3.63, 3.8) is 0 Å². The Hall–Kier alpha value is -1.89. The van der Waals surface area contributed by atoms with Crippen molar-refractivity contribution < 1.29 is 9.90 Å². The van der Waals surface area contributed by atoms with Gasteiger partial charge in [0.15, 0.2) is 0 Å². The summed E-state index contributed by atoms with van der Waals surface area (Å²) in [5, 5.41) is 21.6.